The smallest absolute Gasteiger partial charge is 0.0690 e. The summed E-state index contributed by atoms with van der Waals surface area (Å²) in [5.74, 6) is 0. The van der Waals surface area contributed by atoms with Crippen LogP contribution in [0.1, 0.15) is 16.0 Å². The van der Waals surface area contributed by atoms with Crippen LogP contribution in [0.4, 0.5) is 0 Å². The van der Waals surface area contributed by atoms with Gasteiger partial charge >= 0.3 is 0 Å². The van der Waals surface area contributed by atoms with Crippen LogP contribution in [-0.2, 0) is 0 Å². The molecule has 130 valence electrons. The van der Waals surface area contributed by atoms with E-state index in [4.69, 9.17) is 0 Å². The molecule has 0 nitrogen and oxygen atoms in total. The summed E-state index contributed by atoms with van der Waals surface area (Å²) in [6, 6.07) is 0. The van der Waals surface area contributed by atoms with Crippen LogP contribution in [0.5, 0.6) is 0 Å². The molecule has 2 aromatic rings. The first kappa shape index (κ1) is 24.0. The maximum atomic E-state index is 3.85. The third kappa shape index (κ3) is 4.41. The summed E-state index contributed by atoms with van der Waals surface area (Å²) in [5, 5.41) is 0. The average Bonchev–Trinajstić information content (AvgIpc) is 2.55. The fraction of sp³-hybridized carbons (Fsp3) is 0.0769. The van der Waals surface area contributed by atoms with Crippen molar-refractivity contribution in [1.82, 2.24) is 0 Å². The molecule has 11 heteroatoms. The molecule has 0 saturated heterocycles. The van der Waals surface area contributed by atoms with Crippen LogP contribution in [0.25, 0.3) is 0 Å². The van der Waals surface area contributed by atoms with Gasteiger partial charge in [0.15, 0.2) is 0 Å². The maximum Gasteiger partial charge on any atom is 0.0690 e. The van der Waals surface area contributed by atoms with Crippen LogP contribution in [0, 0.1) is 0 Å². The van der Waals surface area contributed by atoms with Gasteiger partial charge in [-0.2, -0.15) is 0 Å². The van der Waals surface area contributed by atoms with Crippen molar-refractivity contribution in [3.8, 4) is 0 Å². The highest BCUT2D eigenvalue weighted by Crippen LogP contribution is 2.54. The van der Waals surface area contributed by atoms with Gasteiger partial charge in [0, 0.05) is 55.9 Å². The van der Waals surface area contributed by atoms with Gasteiger partial charge in [-0.05, 0) is 159 Å². The van der Waals surface area contributed by atoms with Gasteiger partial charge in [-0.25, -0.2) is 0 Å². The molecule has 0 atom stereocenters. The fourth-order valence-electron chi connectivity index (χ4n) is 1.83. The average molecular weight is 1040 g/mol. The molecule has 0 aliphatic carbocycles. The highest BCUT2D eigenvalue weighted by atomic mass is 79.9. The van der Waals surface area contributed by atoms with Gasteiger partial charge < -0.3 is 0 Å². The van der Waals surface area contributed by atoms with Crippen molar-refractivity contribution in [2.45, 2.75) is 4.83 Å². The summed E-state index contributed by atoms with van der Waals surface area (Å²) in [6.45, 7) is 0. The summed E-state index contributed by atoms with van der Waals surface area (Å²) in [6.07, 6.45) is 0. The van der Waals surface area contributed by atoms with Gasteiger partial charge in [0.2, 0.25) is 0 Å². The van der Waals surface area contributed by atoms with E-state index in [9.17, 15) is 0 Å². The Kier molecular flexibility index (Phi) is 9.68. The number of alkyl halides is 1. The Morgan fingerprint density at radius 3 is 0.708 bits per heavy atom. The molecule has 0 aliphatic rings. The largest absolute Gasteiger partial charge is 0.0785 e. The van der Waals surface area contributed by atoms with E-state index in [1.807, 2.05) is 0 Å². The van der Waals surface area contributed by atoms with Crippen LogP contribution < -0.4 is 0 Å². The molecule has 0 unspecified atom stereocenters. The van der Waals surface area contributed by atoms with E-state index in [1.54, 1.807) is 0 Å². The van der Waals surface area contributed by atoms with Crippen molar-refractivity contribution in [3.05, 3.63) is 55.9 Å². The normalized spacial score (nSPS) is 11.5. The molecule has 0 aliphatic heterocycles. The van der Waals surface area contributed by atoms with Crippen molar-refractivity contribution in [2.75, 3.05) is 0 Å². The molecule has 0 spiro atoms. The molecule has 0 N–H and O–H groups in total. The van der Waals surface area contributed by atoms with Crippen LogP contribution in [0.15, 0.2) is 44.7 Å². The highest BCUT2D eigenvalue weighted by Gasteiger charge is 2.29. The Hall–Kier alpha value is 3.72. The predicted octanol–water partition coefficient (Wildman–Crippen LogP) is 11.8. The Labute approximate surface area is 231 Å². The van der Waals surface area contributed by atoms with Crippen molar-refractivity contribution in [3.63, 3.8) is 0 Å². The van der Waals surface area contributed by atoms with Gasteiger partial charge in [-0.3, -0.25) is 0 Å². The number of benzene rings is 2. The predicted molar refractivity (Wildman–Crippen MR) is 141 cm³/mol. The van der Waals surface area contributed by atoms with Crippen LogP contribution in [0.3, 0.4) is 0 Å². The molecule has 0 amide bonds. The minimum Gasteiger partial charge on any atom is -0.0785 e. The molecule has 0 saturated carbocycles. The zero-order chi connectivity index (χ0) is 18.5. The van der Waals surface area contributed by atoms with Crippen LogP contribution >= 0.6 is 175 Å². The maximum absolute atomic E-state index is 3.85. The molecule has 0 fully saturated rings. The van der Waals surface area contributed by atoms with Crippen LogP contribution in [-0.4, -0.2) is 0 Å². The summed E-state index contributed by atoms with van der Waals surface area (Å²) in [4.78, 5) is -0.105. The number of rotatable bonds is 2. The van der Waals surface area contributed by atoms with Crippen molar-refractivity contribution >= 4 is 175 Å². The molecule has 24 heavy (non-hydrogen) atoms. The van der Waals surface area contributed by atoms with Crippen molar-refractivity contribution < 1.29 is 0 Å². The first-order valence-corrected chi connectivity index (χ1v) is 14.5. The SMILES string of the molecule is Brc1c(Br)c(Br)c(C(Br)c2c(Br)c(Br)c(Br)c(Br)c2Br)c(Br)c1Br. The van der Waals surface area contributed by atoms with Crippen molar-refractivity contribution in [1.29, 1.82) is 0 Å². The van der Waals surface area contributed by atoms with Gasteiger partial charge in [0.05, 0.1) is 4.83 Å². The zero-order valence-electron chi connectivity index (χ0n) is 10.7. The summed E-state index contributed by atoms with van der Waals surface area (Å²) >= 11 is 40.2. The van der Waals surface area contributed by atoms with E-state index in [0.717, 1.165) is 55.9 Å². The lowest BCUT2D eigenvalue weighted by Crippen LogP contribution is -2.02. The minimum absolute atomic E-state index is 0.105. The lowest BCUT2D eigenvalue weighted by atomic mass is 10.0. The second kappa shape index (κ2) is 9.69. The first-order valence-electron chi connectivity index (χ1n) is 5.69. The second-order valence-electron chi connectivity index (χ2n) is 4.33. The molecular weight excluding hydrogens is 1040 g/mol. The summed E-state index contributed by atoms with van der Waals surface area (Å²) < 4.78 is 9.36. The number of hydrogen-bond acceptors (Lipinski definition) is 0. The molecule has 2 aromatic carbocycles. The molecular formula is C13HBr11. The van der Waals surface area contributed by atoms with Gasteiger partial charge in [0.1, 0.15) is 0 Å². The first-order chi connectivity index (χ1) is 11.0. The van der Waals surface area contributed by atoms with E-state index >= 15 is 0 Å². The Morgan fingerprint density at radius 1 is 0.333 bits per heavy atom. The molecule has 0 heterocycles. The third-order valence-corrected chi connectivity index (χ3v) is 16.2. The topological polar surface area (TPSA) is 0 Å². The van der Waals surface area contributed by atoms with E-state index in [-0.39, 0.29) is 4.83 Å². The molecule has 0 aromatic heterocycles. The van der Waals surface area contributed by atoms with E-state index in [1.165, 1.54) is 0 Å². The third-order valence-electron chi connectivity index (χ3n) is 2.99. The quantitative estimate of drug-likeness (QED) is 0.160. The number of hydrogen-bond donors (Lipinski definition) is 0. The van der Waals surface area contributed by atoms with E-state index in [2.05, 4.69) is 175 Å². The Balaban J connectivity index is 2.84. The van der Waals surface area contributed by atoms with Gasteiger partial charge in [0.25, 0.3) is 0 Å². The lowest BCUT2D eigenvalue weighted by Gasteiger charge is -2.22. The van der Waals surface area contributed by atoms with E-state index < -0.39 is 0 Å². The number of halogens is 11. The Bertz CT molecular complexity index is 715. The highest BCUT2D eigenvalue weighted by molar-refractivity contribution is 9.16. The monoisotopic (exact) mass is 1030 g/mol. The van der Waals surface area contributed by atoms with Crippen molar-refractivity contribution in [2.24, 2.45) is 0 Å². The lowest BCUT2D eigenvalue weighted by molar-refractivity contribution is 1.10. The van der Waals surface area contributed by atoms with Gasteiger partial charge in [-0.1, -0.05) is 15.9 Å². The minimum atomic E-state index is -0.105. The summed E-state index contributed by atoms with van der Waals surface area (Å²) in [7, 11) is 0. The Morgan fingerprint density at radius 2 is 0.500 bits per heavy atom. The van der Waals surface area contributed by atoms with Gasteiger partial charge in [-0.15, -0.1) is 0 Å². The standard InChI is InChI=1S/C13HBr11/c14-3(1-4(15)8(19)12(23)9(20)5(1)16)2-6(17)10(21)13(24)11(22)7(2)18/h3H. The zero-order valence-corrected chi connectivity index (χ0v) is 28.2. The van der Waals surface area contributed by atoms with Crippen LogP contribution in [0.2, 0.25) is 0 Å². The van der Waals surface area contributed by atoms with E-state index in [0.29, 0.717) is 0 Å². The molecule has 2 rings (SSSR count). The molecule has 0 radical (unpaired) electrons. The molecule has 0 bridgehead atoms. The summed E-state index contributed by atoms with van der Waals surface area (Å²) in [5.41, 5.74) is 2.08. The second-order valence-corrected chi connectivity index (χ2v) is 13.2. The fourth-order valence-corrected chi connectivity index (χ4v) is 11.0.